The highest BCUT2D eigenvalue weighted by Crippen LogP contribution is 2.21. The molecular weight excluding hydrogens is 218 g/mol. The number of carbonyl (C=O) groups excluding carboxylic acids is 1. The van der Waals surface area contributed by atoms with E-state index in [1.807, 2.05) is 24.3 Å². The van der Waals surface area contributed by atoms with Crippen molar-refractivity contribution >= 4 is 5.91 Å². The third-order valence-corrected chi connectivity index (χ3v) is 2.84. The fourth-order valence-corrected chi connectivity index (χ4v) is 1.90. The van der Waals surface area contributed by atoms with Crippen LogP contribution < -0.4 is 10.5 Å². The summed E-state index contributed by atoms with van der Waals surface area (Å²) in [7, 11) is 0. The number of primary amides is 1. The van der Waals surface area contributed by atoms with Crippen LogP contribution in [-0.2, 0) is 16.0 Å². The van der Waals surface area contributed by atoms with Gasteiger partial charge in [0.25, 0.3) is 0 Å². The normalized spacial score (nSPS) is 19.2. The molecule has 0 unspecified atom stereocenters. The van der Waals surface area contributed by atoms with Crippen molar-refractivity contribution in [2.75, 3.05) is 19.8 Å². The smallest absolute Gasteiger partial charge is 0.221 e. The fourth-order valence-electron chi connectivity index (χ4n) is 1.90. The molecule has 2 N–H and O–H groups in total. The van der Waals surface area contributed by atoms with Crippen molar-refractivity contribution in [1.82, 2.24) is 0 Å². The van der Waals surface area contributed by atoms with Gasteiger partial charge in [0.05, 0.1) is 19.6 Å². The van der Waals surface area contributed by atoms with Gasteiger partial charge in [-0.15, -0.1) is 0 Å². The predicted octanol–water partition coefficient (Wildman–Crippen LogP) is 1.13. The van der Waals surface area contributed by atoms with Crippen molar-refractivity contribution in [2.24, 2.45) is 11.7 Å². The molecule has 1 atom stereocenters. The van der Waals surface area contributed by atoms with E-state index in [9.17, 15) is 4.79 Å². The Kier molecular flexibility index (Phi) is 3.98. The maximum atomic E-state index is 10.9. The lowest BCUT2D eigenvalue weighted by atomic mass is 10.1. The van der Waals surface area contributed by atoms with E-state index in [-0.39, 0.29) is 12.3 Å². The van der Waals surface area contributed by atoms with Gasteiger partial charge in [-0.3, -0.25) is 4.79 Å². The molecule has 4 nitrogen and oxygen atoms in total. The van der Waals surface area contributed by atoms with E-state index >= 15 is 0 Å². The number of carbonyl (C=O) groups is 1. The number of amides is 1. The lowest BCUT2D eigenvalue weighted by Gasteiger charge is -2.13. The second kappa shape index (κ2) is 5.68. The van der Waals surface area contributed by atoms with Gasteiger partial charge in [-0.2, -0.15) is 0 Å². The van der Waals surface area contributed by atoms with Crippen LogP contribution in [0.2, 0.25) is 0 Å². The zero-order valence-electron chi connectivity index (χ0n) is 9.72. The standard InChI is InChI=1S/C13H17NO3/c14-13(15)7-11-3-1-2-4-12(11)17-9-10-5-6-16-8-10/h1-4,10H,5-9H2,(H2,14,15)/t10-/m1/s1. The summed E-state index contributed by atoms with van der Waals surface area (Å²) in [4.78, 5) is 10.9. The summed E-state index contributed by atoms with van der Waals surface area (Å²) in [6, 6.07) is 7.51. The van der Waals surface area contributed by atoms with Crippen molar-refractivity contribution in [3.05, 3.63) is 29.8 Å². The Morgan fingerprint density at radius 1 is 1.47 bits per heavy atom. The fraction of sp³-hybridized carbons (Fsp3) is 0.462. The Morgan fingerprint density at radius 3 is 3.00 bits per heavy atom. The summed E-state index contributed by atoms with van der Waals surface area (Å²) in [5.41, 5.74) is 6.04. The summed E-state index contributed by atoms with van der Waals surface area (Å²) >= 11 is 0. The van der Waals surface area contributed by atoms with Crippen LogP contribution >= 0.6 is 0 Å². The van der Waals surface area contributed by atoms with Crippen LogP contribution in [-0.4, -0.2) is 25.7 Å². The summed E-state index contributed by atoms with van der Waals surface area (Å²) < 4.78 is 11.0. The van der Waals surface area contributed by atoms with E-state index < -0.39 is 0 Å². The summed E-state index contributed by atoms with van der Waals surface area (Å²) in [6.07, 6.45) is 1.26. The third-order valence-electron chi connectivity index (χ3n) is 2.84. The van der Waals surface area contributed by atoms with E-state index in [2.05, 4.69) is 0 Å². The van der Waals surface area contributed by atoms with E-state index in [1.54, 1.807) is 0 Å². The molecule has 1 aliphatic heterocycles. The molecule has 2 rings (SSSR count). The molecule has 0 saturated carbocycles. The van der Waals surface area contributed by atoms with Crippen molar-refractivity contribution in [3.8, 4) is 5.75 Å². The first-order valence-electron chi connectivity index (χ1n) is 5.82. The summed E-state index contributed by atoms with van der Waals surface area (Å²) in [5.74, 6) is 0.861. The summed E-state index contributed by atoms with van der Waals surface area (Å²) in [6.45, 7) is 2.21. The quantitative estimate of drug-likeness (QED) is 0.832. The number of hydrogen-bond acceptors (Lipinski definition) is 3. The molecule has 0 spiro atoms. The lowest BCUT2D eigenvalue weighted by molar-refractivity contribution is -0.117. The van der Waals surface area contributed by atoms with Gasteiger partial charge in [0.15, 0.2) is 0 Å². The van der Waals surface area contributed by atoms with Crippen molar-refractivity contribution < 1.29 is 14.3 Å². The number of rotatable bonds is 5. The van der Waals surface area contributed by atoms with Gasteiger partial charge in [0.2, 0.25) is 5.91 Å². The number of hydrogen-bond donors (Lipinski definition) is 1. The van der Waals surface area contributed by atoms with Gasteiger partial charge in [-0.1, -0.05) is 18.2 Å². The van der Waals surface area contributed by atoms with Crippen molar-refractivity contribution in [1.29, 1.82) is 0 Å². The van der Waals surface area contributed by atoms with Gasteiger partial charge in [-0.05, 0) is 12.5 Å². The Hall–Kier alpha value is -1.55. The highest BCUT2D eigenvalue weighted by Gasteiger charge is 2.17. The maximum absolute atomic E-state index is 10.9. The van der Waals surface area contributed by atoms with Crippen LogP contribution in [0.25, 0.3) is 0 Å². The van der Waals surface area contributed by atoms with Crippen LogP contribution in [0.3, 0.4) is 0 Å². The predicted molar refractivity (Wildman–Crippen MR) is 63.8 cm³/mol. The molecular formula is C13H17NO3. The molecule has 1 aromatic carbocycles. The van der Waals surface area contributed by atoms with Crippen molar-refractivity contribution in [3.63, 3.8) is 0 Å². The molecule has 1 saturated heterocycles. The second-order valence-electron chi connectivity index (χ2n) is 4.29. The lowest BCUT2D eigenvalue weighted by Crippen LogP contribution is -2.16. The average Bonchev–Trinajstić information content (AvgIpc) is 2.80. The SMILES string of the molecule is NC(=O)Cc1ccccc1OC[C@@H]1CCOC1. The monoisotopic (exact) mass is 235 g/mol. The first kappa shape index (κ1) is 11.9. The van der Waals surface area contributed by atoms with Crippen LogP contribution in [0.4, 0.5) is 0 Å². The molecule has 1 fully saturated rings. The van der Waals surface area contributed by atoms with Gasteiger partial charge in [-0.25, -0.2) is 0 Å². The largest absolute Gasteiger partial charge is 0.493 e. The Morgan fingerprint density at radius 2 is 2.29 bits per heavy atom. The number of benzene rings is 1. The maximum Gasteiger partial charge on any atom is 0.221 e. The number of nitrogens with two attached hydrogens (primary N) is 1. The molecule has 17 heavy (non-hydrogen) atoms. The molecule has 0 radical (unpaired) electrons. The molecule has 1 amide bonds. The van der Waals surface area contributed by atoms with Gasteiger partial charge in [0.1, 0.15) is 5.75 Å². The Bertz CT molecular complexity index is 386. The molecule has 0 aliphatic carbocycles. The van der Waals surface area contributed by atoms with Gasteiger partial charge < -0.3 is 15.2 Å². The first-order valence-corrected chi connectivity index (χ1v) is 5.82. The van der Waals surface area contributed by atoms with Crippen LogP contribution in [0.5, 0.6) is 5.75 Å². The second-order valence-corrected chi connectivity index (χ2v) is 4.29. The van der Waals surface area contributed by atoms with E-state index in [0.29, 0.717) is 12.5 Å². The topological polar surface area (TPSA) is 61.6 Å². The minimum Gasteiger partial charge on any atom is -0.493 e. The van der Waals surface area contributed by atoms with Crippen LogP contribution in [0.15, 0.2) is 24.3 Å². The van der Waals surface area contributed by atoms with E-state index in [0.717, 1.165) is 30.9 Å². The van der Waals surface area contributed by atoms with Gasteiger partial charge in [0, 0.05) is 18.1 Å². The first-order chi connectivity index (χ1) is 8.25. The van der Waals surface area contributed by atoms with Gasteiger partial charge >= 0.3 is 0 Å². The number of para-hydroxylation sites is 1. The van der Waals surface area contributed by atoms with Crippen molar-refractivity contribution in [2.45, 2.75) is 12.8 Å². The Labute approximate surface area is 101 Å². The average molecular weight is 235 g/mol. The molecule has 1 heterocycles. The Balaban J connectivity index is 1.96. The summed E-state index contributed by atoms with van der Waals surface area (Å²) in [5, 5.41) is 0. The van der Waals surface area contributed by atoms with E-state index in [4.69, 9.17) is 15.2 Å². The molecule has 4 heteroatoms. The van der Waals surface area contributed by atoms with E-state index in [1.165, 1.54) is 0 Å². The van der Waals surface area contributed by atoms with Crippen LogP contribution in [0.1, 0.15) is 12.0 Å². The number of ether oxygens (including phenoxy) is 2. The molecule has 0 bridgehead atoms. The third kappa shape index (κ3) is 3.46. The highest BCUT2D eigenvalue weighted by atomic mass is 16.5. The molecule has 1 aliphatic rings. The molecule has 1 aromatic rings. The zero-order valence-corrected chi connectivity index (χ0v) is 9.72. The zero-order chi connectivity index (χ0) is 12.1. The highest BCUT2D eigenvalue weighted by molar-refractivity contribution is 5.77. The van der Waals surface area contributed by atoms with Crippen LogP contribution in [0, 0.1) is 5.92 Å². The minimum absolute atomic E-state index is 0.220. The minimum atomic E-state index is -0.342. The molecule has 92 valence electrons. The molecule has 0 aromatic heterocycles.